The molecule has 8 heteroatoms. The average molecular weight is 314 g/mol. The highest BCUT2D eigenvalue weighted by Crippen LogP contribution is 2.32. The van der Waals surface area contributed by atoms with Gasteiger partial charge in [-0.05, 0) is 39.8 Å². The Morgan fingerprint density at radius 1 is 1.29 bits per heavy atom. The lowest BCUT2D eigenvalue weighted by Crippen LogP contribution is -2.58. The molecule has 0 aliphatic carbocycles. The number of nitrogens with zero attached hydrogens (tertiary/aromatic N) is 2. The third-order valence-corrected chi connectivity index (χ3v) is 5.02. The Labute approximate surface area is 125 Å². The van der Waals surface area contributed by atoms with Gasteiger partial charge < -0.3 is 10.2 Å². The molecule has 0 radical (unpaired) electrons. The van der Waals surface area contributed by atoms with Crippen LogP contribution in [0.2, 0.25) is 0 Å². The topological polar surface area (TPSA) is 97.6 Å². The van der Waals surface area contributed by atoms with Gasteiger partial charge in [0.25, 0.3) is 0 Å². The first kappa shape index (κ1) is 16.2. The van der Waals surface area contributed by atoms with E-state index in [1.165, 1.54) is 16.6 Å². The first-order chi connectivity index (χ1) is 9.57. The van der Waals surface area contributed by atoms with Gasteiger partial charge in [0, 0.05) is 19.3 Å². The molecule has 118 valence electrons. The summed E-state index contributed by atoms with van der Waals surface area (Å²) in [6, 6.07) is 3.07. The van der Waals surface area contributed by atoms with Gasteiger partial charge in [0.1, 0.15) is 4.90 Å². The fourth-order valence-corrected chi connectivity index (χ4v) is 4.58. The van der Waals surface area contributed by atoms with Crippen LogP contribution in [0.15, 0.2) is 23.2 Å². The monoisotopic (exact) mass is 314 g/mol. The first-order valence-electron chi connectivity index (χ1n) is 6.69. The van der Waals surface area contributed by atoms with E-state index in [4.69, 9.17) is 10.6 Å². The molecule has 0 atom stereocenters. The predicted octanol–water partition coefficient (Wildman–Crippen LogP) is 0.945. The van der Waals surface area contributed by atoms with E-state index < -0.39 is 21.2 Å². The van der Waals surface area contributed by atoms with Crippen LogP contribution in [-0.4, -0.2) is 42.0 Å². The van der Waals surface area contributed by atoms with Crippen LogP contribution in [0.1, 0.15) is 27.7 Å². The molecule has 0 spiro atoms. The molecule has 1 aromatic heterocycles. The highest BCUT2D eigenvalue weighted by atomic mass is 32.2. The number of anilines is 1. The first-order valence-corrected chi connectivity index (χ1v) is 8.13. The minimum Gasteiger partial charge on any atom is -0.367 e. The molecule has 1 aliphatic heterocycles. The van der Waals surface area contributed by atoms with Crippen LogP contribution >= 0.6 is 0 Å². The zero-order valence-corrected chi connectivity index (χ0v) is 13.6. The number of aromatic nitrogens is 1. The van der Waals surface area contributed by atoms with Crippen LogP contribution in [0.4, 0.5) is 5.82 Å². The van der Waals surface area contributed by atoms with Gasteiger partial charge in [-0.15, -0.1) is 0 Å². The number of sulfonamides is 1. The number of rotatable bonds is 3. The molecule has 21 heavy (non-hydrogen) atoms. The lowest BCUT2D eigenvalue weighted by molar-refractivity contribution is -0.163. The summed E-state index contributed by atoms with van der Waals surface area (Å²) in [4.78, 5) is 4.03. The van der Waals surface area contributed by atoms with E-state index in [1.807, 2.05) is 27.7 Å². The number of ether oxygens (including phenoxy) is 1. The van der Waals surface area contributed by atoms with Crippen LogP contribution in [0, 0.1) is 0 Å². The third-order valence-electron chi connectivity index (χ3n) is 3.19. The number of morpholine rings is 1. The molecule has 2 rings (SSSR count). The van der Waals surface area contributed by atoms with Gasteiger partial charge in [0.2, 0.25) is 10.0 Å². The highest BCUT2D eigenvalue weighted by molar-refractivity contribution is 7.89. The molecule has 1 saturated heterocycles. The summed E-state index contributed by atoms with van der Waals surface area (Å²) < 4.78 is 33.1. The van der Waals surface area contributed by atoms with Crippen molar-refractivity contribution in [2.45, 2.75) is 43.8 Å². The fraction of sp³-hybridized carbons (Fsp3) is 0.615. The maximum Gasteiger partial charge on any atom is 0.246 e. The summed E-state index contributed by atoms with van der Waals surface area (Å²) in [7, 11) is -3.70. The number of pyridine rings is 1. The molecular formula is C13H22N4O3S. The molecular weight excluding hydrogens is 292 g/mol. The predicted molar refractivity (Wildman–Crippen MR) is 80.0 cm³/mol. The van der Waals surface area contributed by atoms with Crippen LogP contribution in [0.3, 0.4) is 0 Å². The molecule has 3 N–H and O–H groups in total. The second kappa shape index (κ2) is 5.20. The largest absolute Gasteiger partial charge is 0.367 e. The number of nitrogens with one attached hydrogen (secondary N) is 1. The molecule has 0 unspecified atom stereocenters. The maximum atomic E-state index is 12.9. The summed E-state index contributed by atoms with van der Waals surface area (Å²) in [5.41, 5.74) is 1.21. The second-order valence-corrected chi connectivity index (χ2v) is 8.30. The Kier molecular flexibility index (Phi) is 4.00. The minimum absolute atomic E-state index is 0.0704. The molecule has 7 nitrogen and oxygen atoms in total. The van der Waals surface area contributed by atoms with Gasteiger partial charge >= 0.3 is 0 Å². The fourth-order valence-electron chi connectivity index (χ4n) is 2.73. The SMILES string of the molecule is CC1(C)CN(S(=O)(=O)c2cccnc2NN)CC(C)(C)O1. The molecule has 0 saturated carbocycles. The lowest BCUT2D eigenvalue weighted by Gasteiger charge is -2.46. The van der Waals surface area contributed by atoms with E-state index in [0.717, 1.165) is 0 Å². The van der Waals surface area contributed by atoms with Gasteiger partial charge in [-0.25, -0.2) is 19.2 Å². The quantitative estimate of drug-likeness (QED) is 0.637. The van der Waals surface area contributed by atoms with Crippen molar-refractivity contribution in [3.63, 3.8) is 0 Å². The Morgan fingerprint density at radius 3 is 2.38 bits per heavy atom. The van der Waals surface area contributed by atoms with Gasteiger partial charge in [-0.3, -0.25) is 0 Å². The summed E-state index contributed by atoms with van der Waals surface area (Å²) in [6.07, 6.45) is 1.49. The van der Waals surface area contributed by atoms with Crippen molar-refractivity contribution in [1.82, 2.24) is 9.29 Å². The molecule has 1 fully saturated rings. The van der Waals surface area contributed by atoms with Gasteiger partial charge in [-0.1, -0.05) is 0 Å². The van der Waals surface area contributed by atoms with E-state index in [9.17, 15) is 8.42 Å². The molecule has 1 aliphatic rings. The number of hydrogen-bond acceptors (Lipinski definition) is 6. The summed E-state index contributed by atoms with van der Waals surface area (Å²) >= 11 is 0. The highest BCUT2D eigenvalue weighted by Gasteiger charge is 2.43. The third kappa shape index (κ3) is 3.34. The smallest absolute Gasteiger partial charge is 0.246 e. The van der Waals surface area contributed by atoms with Gasteiger partial charge in [0.15, 0.2) is 5.82 Å². The Hall–Kier alpha value is -1.22. The molecule has 1 aromatic rings. The number of nitrogen functional groups attached to an aromatic ring is 1. The standard InChI is InChI=1S/C13H22N4O3S/c1-12(2)8-17(9-13(3,4)20-12)21(18,19)10-6-5-7-15-11(10)16-14/h5-7H,8-9,14H2,1-4H3,(H,15,16). The van der Waals surface area contributed by atoms with Crippen molar-refractivity contribution in [3.8, 4) is 0 Å². The molecule has 2 heterocycles. The molecule has 0 amide bonds. The molecule has 0 bridgehead atoms. The van der Waals surface area contributed by atoms with Crippen LogP contribution < -0.4 is 11.3 Å². The number of nitrogens with two attached hydrogens (primary N) is 1. The average Bonchev–Trinajstić information content (AvgIpc) is 2.35. The zero-order chi connectivity index (χ0) is 15.9. The van der Waals surface area contributed by atoms with Crippen LogP contribution in [0.5, 0.6) is 0 Å². The summed E-state index contributed by atoms with van der Waals surface area (Å²) in [6.45, 7) is 8.06. The van der Waals surface area contributed by atoms with E-state index in [-0.39, 0.29) is 23.8 Å². The van der Waals surface area contributed by atoms with E-state index in [2.05, 4.69) is 10.4 Å². The number of hydrogen-bond donors (Lipinski definition) is 2. The normalized spacial score (nSPS) is 22.0. The van der Waals surface area contributed by atoms with Crippen molar-refractivity contribution >= 4 is 15.8 Å². The summed E-state index contributed by atoms with van der Waals surface area (Å²) in [5.74, 6) is 5.50. The number of hydrazine groups is 1. The van der Waals surface area contributed by atoms with Crippen LogP contribution in [0.25, 0.3) is 0 Å². The minimum atomic E-state index is -3.70. The van der Waals surface area contributed by atoms with Crippen molar-refractivity contribution in [3.05, 3.63) is 18.3 Å². The maximum absolute atomic E-state index is 12.9. The van der Waals surface area contributed by atoms with Crippen LogP contribution in [-0.2, 0) is 14.8 Å². The zero-order valence-electron chi connectivity index (χ0n) is 12.8. The lowest BCUT2D eigenvalue weighted by atomic mass is 10.0. The van der Waals surface area contributed by atoms with Crippen molar-refractivity contribution in [1.29, 1.82) is 0 Å². The van der Waals surface area contributed by atoms with E-state index >= 15 is 0 Å². The Bertz CT molecular complexity index is 612. The van der Waals surface area contributed by atoms with Crippen molar-refractivity contribution in [2.75, 3.05) is 18.5 Å². The Balaban J connectivity index is 2.44. The van der Waals surface area contributed by atoms with E-state index in [1.54, 1.807) is 6.07 Å². The summed E-state index contributed by atoms with van der Waals surface area (Å²) in [5, 5.41) is 0. The second-order valence-electron chi connectivity index (χ2n) is 6.39. The van der Waals surface area contributed by atoms with E-state index in [0.29, 0.717) is 0 Å². The van der Waals surface area contributed by atoms with Gasteiger partial charge in [-0.2, -0.15) is 4.31 Å². The van der Waals surface area contributed by atoms with Crippen molar-refractivity contribution < 1.29 is 13.2 Å². The van der Waals surface area contributed by atoms with Crippen molar-refractivity contribution in [2.24, 2.45) is 5.84 Å². The van der Waals surface area contributed by atoms with Gasteiger partial charge in [0.05, 0.1) is 11.2 Å². The Morgan fingerprint density at radius 2 is 1.86 bits per heavy atom. The molecule has 0 aromatic carbocycles.